The molecule has 2 aliphatic heterocycles. The van der Waals surface area contributed by atoms with E-state index in [2.05, 4.69) is 21.2 Å². The summed E-state index contributed by atoms with van der Waals surface area (Å²) in [7, 11) is 0. The molecular weight excluding hydrogens is 310 g/mol. The lowest BCUT2D eigenvalue weighted by Crippen LogP contribution is -2.65. The number of nitrogens with one attached hydrogen (secondary N) is 1. The van der Waals surface area contributed by atoms with Crippen LogP contribution >= 0.6 is 15.9 Å². The number of anilines is 1. The van der Waals surface area contributed by atoms with Gasteiger partial charge in [0.1, 0.15) is 0 Å². The molecule has 5 nitrogen and oxygen atoms in total. The largest absolute Gasteiger partial charge is 0.327 e. The van der Waals surface area contributed by atoms with Crippen molar-refractivity contribution in [1.82, 2.24) is 10.2 Å². The zero-order chi connectivity index (χ0) is 13.4. The number of nitrogens with zero attached hydrogens (tertiary/aromatic N) is 2. The molecule has 1 aromatic rings. The number of halogens is 1. The Labute approximate surface area is 119 Å². The summed E-state index contributed by atoms with van der Waals surface area (Å²) >= 11 is 3.43. The molecule has 0 aromatic heterocycles. The second-order valence-electron chi connectivity index (χ2n) is 4.72. The zero-order valence-electron chi connectivity index (χ0n) is 10.3. The number of hydrogen-bond acceptors (Lipinski definition) is 3. The molecule has 3 rings (SSSR count). The number of hydrogen-bond donors (Lipinski definition) is 1. The van der Waals surface area contributed by atoms with Gasteiger partial charge in [-0.15, -0.1) is 0 Å². The highest BCUT2D eigenvalue weighted by Gasteiger charge is 2.40. The van der Waals surface area contributed by atoms with E-state index in [1.165, 1.54) is 0 Å². The summed E-state index contributed by atoms with van der Waals surface area (Å²) in [5, 5.41) is 3.26. The molecule has 1 aromatic carbocycles. The molecule has 1 N–H and O–H groups in total. The summed E-state index contributed by atoms with van der Waals surface area (Å²) in [5.74, 6) is -0.835. The Bertz CT molecular complexity index is 534. The Morgan fingerprint density at radius 2 is 2.00 bits per heavy atom. The van der Waals surface area contributed by atoms with Crippen LogP contribution in [-0.4, -0.2) is 48.9 Å². The van der Waals surface area contributed by atoms with Crippen molar-refractivity contribution in [3.63, 3.8) is 0 Å². The second kappa shape index (κ2) is 4.94. The molecule has 2 heterocycles. The average molecular weight is 324 g/mol. The van der Waals surface area contributed by atoms with Crippen LogP contribution < -0.4 is 10.2 Å². The van der Waals surface area contributed by atoms with Gasteiger partial charge in [0.2, 0.25) is 0 Å². The maximum Gasteiger partial charge on any atom is 0.316 e. The summed E-state index contributed by atoms with van der Waals surface area (Å²) in [6, 6.07) is 7.53. The van der Waals surface area contributed by atoms with E-state index in [9.17, 15) is 9.59 Å². The third kappa shape index (κ3) is 2.15. The van der Waals surface area contributed by atoms with Crippen LogP contribution in [0.1, 0.15) is 0 Å². The summed E-state index contributed by atoms with van der Waals surface area (Å²) in [6.45, 7) is 2.64. The predicted octanol–water partition coefficient (Wildman–Crippen LogP) is 0.596. The molecule has 1 atom stereocenters. The lowest BCUT2D eigenvalue weighted by atomic mass is 10.1. The normalized spacial score (nSPS) is 23.5. The highest BCUT2D eigenvalue weighted by atomic mass is 79.9. The molecule has 1 unspecified atom stereocenters. The van der Waals surface area contributed by atoms with E-state index in [-0.39, 0.29) is 6.04 Å². The minimum Gasteiger partial charge on any atom is -0.327 e. The van der Waals surface area contributed by atoms with E-state index in [1.54, 1.807) is 9.80 Å². The van der Waals surface area contributed by atoms with Crippen LogP contribution in [0.4, 0.5) is 5.69 Å². The predicted molar refractivity (Wildman–Crippen MR) is 74.9 cm³/mol. The van der Waals surface area contributed by atoms with Crippen molar-refractivity contribution in [2.45, 2.75) is 6.04 Å². The monoisotopic (exact) mass is 323 g/mol. The first-order valence-corrected chi connectivity index (χ1v) is 7.05. The van der Waals surface area contributed by atoms with E-state index < -0.39 is 11.8 Å². The van der Waals surface area contributed by atoms with Crippen molar-refractivity contribution in [3.05, 3.63) is 28.7 Å². The molecule has 2 amide bonds. The van der Waals surface area contributed by atoms with Gasteiger partial charge in [0.25, 0.3) is 0 Å². The fourth-order valence-corrected chi connectivity index (χ4v) is 3.10. The quantitative estimate of drug-likeness (QED) is 0.770. The first-order chi connectivity index (χ1) is 9.18. The third-order valence-electron chi connectivity index (χ3n) is 3.58. The molecule has 6 heteroatoms. The van der Waals surface area contributed by atoms with E-state index >= 15 is 0 Å². The molecule has 2 saturated heterocycles. The molecule has 100 valence electrons. The van der Waals surface area contributed by atoms with Crippen LogP contribution in [-0.2, 0) is 9.59 Å². The maximum absolute atomic E-state index is 12.2. The van der Waals surface area contributed by atoms with Gasteiger partial charge < -0.3 is 15.1 Å². The van der Waals surface area contributed by atoms with Crippen molar-refractivity contribution in [1.29, 1.82) is 0 Å². The number of fused-ring (bicyclic) bond motifs is 1. The lowest BCUT2D eigenvalue weighted by Gasteiger charge is -2.43. The third-order valence-corrected chi connectivity index (χ3v) is 4.25. The Balaban J connectivity index is 1.93. The van der Waals surface area contributed by atoms with Gasteiger partial charge >= 0.3 is 11.8 Å². The second-order valence-corrected chi connectivity index (χ2v) is 5.58. The van der Waals surface area contributed by atoms with Crippen LogP contribution in [0, 0.1) is 0 Å². The average Bonchev–Trinajstić information content (AvgIpc) is 2.44. The standard InChI is InChI=1S/C13H14BrN3O2/c14-10-3-1-2-4-11(10)17-8-9-7-15-5-6-16(9)12(18)13(17)19/h1-4,9,15H,5-8H2. The Kier molecular flexibility index (Phi) is 3.28. The molecule has 2 aliphatic rings. The van der Waals surface area contributed by atoms with Gasteiger partial charge in [-0.2, -0.15) is 0 Å². The maximum atomic E-state index is 12.2. The van der Waals surface area contributed by atoms with Crippen molar-refractivity contribution >= 4 is 33.4 Å². The summed E-state index contributed by atoms with van der Waals surface area (Å²) in [6.07, 6.45) is 0. The molecule has 0 saturated carbocycles. The van der Waals surface area contributed by atoms with Crippen molar-refractivity contribution in [2.75, 3.05) is 31.1 Å². The van der Waals surface area contributed by atoms with Crippen LogP contribution in [0.2, 0.25) is 0 Å². The van der Waals surface area contributed by atoms with Crippen molar-refractivity contribution in [3.8, 4) is 0 Å². The van der Waals surface area contributed by atoms with Gasteiger partial charge in [0, 0.05) is 30.7 Å². The molecule has 19 heavy (non-hydrogen) atoms. The smallest absolute Gasteiger partial charge is 0.316 e. The van der Waals surface area contributed by atoms with Crippen LogP contribution in [0.25, 0.3) is 0 Å². The SMILES string of the molecule is O=C1C(=O)N2CCNCC2CN1c1ccccc1Br. The molecule has 0 radical (unpaired) electrons. The molecule has 2 fully saturated rings. The van der Waals surface area contributed by atoms with Gasteiger partial charge in [0.15, 0.2) is 0 Å². The fraction of sp³-hybridized carbons (Fsp3) is 0.385. The Hall–Kier alpha value is -1.40. The van der Waals surface area contributed by atoms with Gasteiger partial charge in [0.05, 0.1) is 11.7 Å². The van der Waals surface area contributed by atoms with E-state index in [4.69, 9.17) is 0 Å². The zero-order valence-corrected chi connectivity index (χ0v) is 11.9. The number of benzene rings is 1. The Morgan fingerprint density at radius 3 is 2.79 bits per heavy atom. The summed E-state index contributed by atoms with van der Waals surface area (Å²) in [4.78, 5) is 27.6. The lowest BCUT2D eigenvalue weighted by molar-refractivity contribution is -0.149. The number of piperazine rings is 2. The number of rotatable bonds is 1. The van der Waals surface area contributed by atoms with Gasteiger partial charge in [-0.05, 0) is 28.1 Å². The van der Waals surface area contributed by atoms with Crippen molar-refractivity contribution in [2.24, 2.45) is 0 Å². The molecule has 0 spiro atoms. The number of para-hydroxylation sites is 1. The number of amides is 2. The highest BCUT2D eigenvalue weighted by molar-refractivity contribution is 9.10. The summed E-state index contributed by atoms with van der Waals surface area (Å²) < 4.78 is 0.827. The minimum atomic E-state index is -0.440. The summed E-state index contributed by atoms with van der Waals surface area (Å²) in [5.41, 5.74) is 0.756. The van der Waals surface area contributed by atoms with Crippen LogP contribution in [0.3, 0.4) is 0 Å². The molecule has 0 aliphatic carbocycles. The van der Waals surface area contributed by atoms with Gasteiger partial charge in [-0.1, -0.05) is 12.1 Å². The topological polar surface area (TPSA) is 52.7 Å². The molecular formula is C13H14BrN3O2. The first-order valence-electron chi connectivity index (χ1n) is 6.26. The number of carbonyl (C=O) groups is 2. The Morgan fingerprint density at radius 1 is 1.21 bits per heavy atom. The number of carbonyl (C=O) groups excluding carboxylic acids is 2. The fourth-order valence-electron chi connectivity index (χ4n) is 2.60. The van der Waals surface area contributed by atoms with E-state index in [0.717, 1.165) is 23.2 Å². The van der Waals surface area contributed by atoms with Crippen molar-refractivity contribution < 1.29 is 9.59 Å². The van der Waals surface area contributed by atoms with E-state index in [0.29, 0.717) is 13.1 Å². The van der Waals surface area contributed by atoms with Gasteiger partial charge in [-0.3, -0.25) is 9.59 Å². The highest BCUT2D eigenvalue weighted by Crippen LogP contribution is 2.28. The van der Waals surface area contributed by atoms with Gasteiger partial charge in [-0.25, -0.2) is 0 Å². The molecule has 0 bridgehead atoms. The van der Waals surface area contributed by atoms with Crippen LogP contribution in [0.5, 0.6) is 0 Å². The van der Waals surface area contributed by atoms with E-state index in [1.807, 2.05) is 24.3 Å². The van der Waals surface area contributed by atoms with Crippen LogP contribution in [0.15, 0.2) is 28.7 Å². The minimum absolute atomic E-state index is 0.0612. The first kappa shape index (κ1) is 12.6.